The molecule has 1 aromatic carbocycles. The molecule has 0 saturated heterocycles. The summed E-state index contributed by atoms with van der Waals surface area (Å²) in [6.45, 7) is 9.58. The molecule has 2 aliphatic rings. The molecule has 3 rings (SSSR count). The summed E-state index contributed by atoms with van der Waals surface area (Å²) in [7, 11) is 2.25. The van der Waals surface area contributed by atoms with Gasteiger partial charge in [-0.25, -0.2) is 0 Å². The van der Waals surface area contributed by atoms with Crippen molar-refractivity contribution in [1.29, 1.82) is 0 Å². The second-order valence-electron chi connectivity index (χ2n) is 7.23. The van der Waals surface area contributed by atoms with E-state index in [-0.39, 0.29) is 7.39 Å². The van der Waals surface area contributed by atoms with Crippen molar-refractivity contribution in [3.63, 3.8) is 0 Å². The zero-order valence-corrected chi connectivity index (χ0v) is 17.6. The zero-order valence-electron chi connectivity index (χ0n) is 14.6. The molecule has 1 saturated carbocycles. The quantitative estimate of drug-likeness (QED) is 0.738. The van der Waals surface area contributed by atoms with E-state index >= 15 is 0 Å². The summed E-state index contributed by atoms with van der Waals surface area (Å²) in [4.78, 5) is 0. The number of nitrogens with zero attached hydrogens (tertiary/aromatic N) is 1. The molecule has 0 bridgehead atoms. The first-order valence-corrected chi connectivity index (χ1v) is 14.6. The van der Waals surface area contributed by atoms with Gasteiger partial charge in [-0.1, -0.05) is 0 Å². The predicted octanol–water partition coefficient (Wildman–Crippen LogP) is 3.50. The van der Waals surface area contributed by atoms with Crippen molar-refractivity contribution in [1.82, 2.24) is 3.38 Å². The number of rotatable bonds is 5. The van der Waals surface area contributed by atoms with Gasteiger partial charge in [-0.05, 0) is 0 Å². The van der Waals surface area contributed by atoms with Crippen LogP contribution in [0.25, 0.3) is 0 Å². The Morgan fingerprint density at radius 1 is 1.14 bits per heavy atom. The Balaban J connectivity index is 1.95. The summed E-state index contributed by atoms with van der Waals surface area (Å²) in [5.41, 5.74) is 4.74. The van der Waals surface area contributed by atoms with E-state index in [0.29, 0.717) is 3.72 Å². The van der Waals surface area contributed by atoms with Gasteiger partial charge in [0.2, 0.25) is 0 Å². The molecule has 1 nitrogen and oxygen atoms in total. The normalized spacial score (nSPS) is 25.5. The molecule has 0 spiro atoms. The van der Waals surface area contributed by atoms with Crippen LogP contribution in [0.1, 0.15) is 40.5 Å². The molecular weight excluding hydrogens is 318 g/mol. The zero-order chi connectivity index (χ0) is 15.9. The van der Waals surface area contributed by atoms with Gasteiger partial charge in [0.1, 0.15) is 0 Å². The van der Waals surface area contributed by atoms with Crippen molar-refractivity contribution in [2.75, 3.05) is 7.05 Å². The number of hydrogen-bond donors (Lipinski definition) is 0. The molecule has 3 heteroatoms. The van der Waals surface area contributed by atoms with Gasteiger partial charge in [0.05, 0.1) is 0 Å². The van der Waals surface area contributed by atoms with Gasteiger partial charge in [0.15, 0.2) is 0 Å². The van der Waals surface area contributed by atoms with Crippen LogP contribution in [0.15, 0.2) is 53.1 Å². The molecule has 1 aromatic rings. The number of hydrogen-bond acceptors (Lipinski definition) is 1. The maximum atomic E-state index is 2.88. The van der Waals surface area contributed by atoms with Crippen LogP contribution in [0.5, 0.6) is 0 Å². The van der Waals surface area contributed by atoms with Crippen molar-refractivity contribution < 1.29 is 17.4 Å². The third-order valence-electron chi connectivity index (χ3n) is 5.77. The molecule has 1 unspecified atom stereocenters. The van der Waals surface area contributed by atoms with Crippen molar-refractivity contribution in [2.24, 2.45) is 0 Å². The Hall–Kier alpha value is -0.409. The van der Waals surface area contributed by atoms with Crippen LogP contribution in [0.3, 0.4) is 0 Å². The van der Waals surface area contributed by atoms with Crippen molar-refractivity contribution in [3.8, 4) is 0 Å². The molecule has 1 atom stereocenters. The summed E-state index contributed by atoms with van der Waals surface area (Å²) in [5, 5.41) is 1.66. The molecule has 0 heterocycles. The topological polar surface area (TPSA) is 3.24 Å². The Morgan fingerprint density at radius 3 is 2.27 bits per heavy atom. The fourth-order valence-corrected chi connectivity index (χ4v) is 17.5. The van der Waals surface area contributed by atoms with Crippen LogP contribution < -0.4 is 5.19 Å². The van der Waals surface area contributed by atoms with Gasteiger partial charge in [0.25, 0.3) is 0 Å². The second kappa shape index (κ2) is 6.24. The first-order chi connectivity index (χ1) is 10.4. The molecule has 1 fully saturated rings. The summed E-state index contributed by atoms with van der Waals surface area (Å²) in [6.07, 6.45) is 5.48. The van der Waals surface area contributed by atoms with E-state index < -0.39 is 17.4 Å². The fourth-order valence-electron chi connectivity index (χ4n) is 3.78. The van der Waals surface area contributed by atoms with E-state index in [1.54, 1.807) is 16.3 Å². The Bertz CT molecular complexity index is 618. The SMILES string of the molecule is CC1=C[C](C)([Ti]([SiH2]c2ccccc2)[N](C)C2CC2)C(C)=C1C. The van der Waals surface area contributed by atoms with E-state index in [1.807, 2.05) is 0 Å². The van der Waals surface area contributed by atoms with E-state index in [4.69, 9.17) is 0 Å². The molecule has 22 heavy (non-hydrogen) atoms. The minimum absolute atomic E-state index is 0.197. The van der Waals surface area contributed by atoms with Gasteiger partial charge in [-0.15, -0.1) is 0 Å². The molecular formula is C19H28NSiTi. The minimum atomic E-state index is -1.35. The first kappa shape index (κ1) is 16.4. The first-order valence-electron chi connectivity index (χ1n) is 8.44. The van der Waals surface area contributed by atoms with Gasteiger partial charge < -0.3 is 0 Å². The van der Waals surface area contributed by atoms with Crippen LogP contribution in [0.4, 0.5) is 0 Å². The van der Waals surface area contributed by atoms with Crippen LogP contribution >= 0.6 is 0 Å². The third-order valence-corrected chi connectivity index (χ3v) is 20.1. The Morgan fingerprint density at radius 2 is 1.77 bits per heavy atom. The summed E-state index contributed by atoms with van der Waals surface area (Å²) >= 11 is -1.35. The van der Waals surface area contributed by atoms with Gasteiger partial charge >= 0.3 is 144 Å². The summed E-state index contributed by atoms with van der Waals surface area (Å²) < 4.78 is 3.26. The van der Waals surface area contributed by atoms with Crippen LogP contribution in [0.2, 0.25) is 3.72 Å². The predicted molar refractivity (Wildman–Crippen MR) is 95.9 cm³/mol. The molecule has 0 aromatic heterocycles. The van der Waals surface area contributed by atoms with Crippen molar-refractivity contribution in [2.45, 2.75) is 50.3 Å². The summed E-state index contributed by atoms with van der Waals surface area (Å²) in [6, 6.07) is 12.2. The Labute approximate surface area is 143 Å². The number of allylic oxidation sites excluding steroid dienone is 4. The average molecular weight is 346 g/mol. The van der Waals surface area contributed by atoms with E-state index in [0.717, 1.165) is 6.04 Å². The standard InChI is InChI=1S/C9H13.C6H7Si.C4H8N.Ti/c1-6-5-7(2)9(4)8(6)3;7-6-4-2-1-3-5-6;1-5-4-2-3-4;/h5H,1-4H3;1-5H,7H2;4H,2-3H2,1H3;/q;;-1;+1. The van der Waals surface area contributed by atoms with E-state index in [1.165, 1.54) is 18.4 Å². The van der Waals surface area contributed by atoms with E-state index in [2.05, 4.69) is 74.5 Å². The second-order valence-corrected chi connectivity index (χ2v) is 16.9. The maximum absolute atomic E-state index is 2.88. The van der Waals surface area contributed by atoms with Gasteiger partial charge in [0, 0.05) is 0 Å². The molecule has 2 aliphatic carbocycles. The molecule has 0 amide bonds. The molecule has 117 valence electrons. The van der Waals surface area contributed by atoms with Crippen LogP contribution in [-0.2, 0) is 17.4 Å². The van der Waals surface area contributed by atoms with Crippen molar-refractivity contribution >= 4 is 12.6 Å². The fraction of sp³-hybridized carbons (Fsp3) is 0.474. The van der Waals surface area contributed by atoms with Crippen LogP contribution in [-0.4, -0.2) is 23.9 Å². The monoisotopic (exact) mass is 346 g/mol. The third kappa shape index (κ3) is 2.99. The van der Waals surface area contributed by atoms with Crippen LogP contribution in [0, 0.1) is 0 Å². The molecule has 0 N–H and O–H groups in total. The van der Waals surface area contributed by atoms with Crippen molar-refractivity contribution in [3.05, 3.63) is 53.1 Å². The number of benzene rings is 1. The van der Waals surface area contributed by atoms with E-state index in [9.17, 15) is 0 Å². The Kier molecular flexibility index (Phi) is 4.66. The molecule has 0 aliphatic heterocycles. The van der Waals surface area contributed by atoms with Gasteiger partial charge in [-0.3, -0.25) is 0 Å². The summed E-state index contributed by atoms with van der Waals surface area (Å²) in [5.74, 6) is 0. The van der Waals surface area contributed by atoms with Gasteiger partial charge in [-0.2, -0.15) is 0 Å². The average Bonchev–Trinajstić information content (AvgIpc) is 3.33. The molecule has 0 radical (unpaired) electrons.